The molecule has 1 heterocycles. The van der Waals surface area contributed by atoms with E-state index in [1.165, 1.54) is 7.11 Å². The Kier molecular flexibility index (Phi) is 5.85. The topological polar surface area (TPSA) is 119 Å². The number of hydrogen-bond acceptors (Lipinski definition) is 6. The molecule has 1 aromatic rings. The summed E-state index contributed by atoms with van der Waals surface area (Å²) in [4.78, 5) is 21.7. The van der Waals surface area contributed by atoms with Crippen LogP contribution in [0, 0.1) is 0 Å². The van der Waals surface area contributed by atoms with Gasteiger partial charge in [-0.15, -0.1) is 0 Å². The van der Waals surface area contributed by atoms with E-state index >= 15 is 0 Å². The molecule has 1 aromatic heterocycles. The van der Waals surface area contributed by atoms with Gasteiger partial charge in [-0.1, -0.05) is 6.92 Å². The van der Waals surface area contributed by atoms with Crippen molar-refractivity contribution in [3.05, 3.63) is 12.4 Å². The van der Waals surface area contributed by atoms with Crippen LogP contribution in [0.5, 0.6) is 0 Å². The lowest BCUT2D eigenvalue weighted by atomic mass is 10.5. The Bertz CT molecular complexity index is 609. The average Bonchev–Trinajstić information content (AvgIpc) is 2.86. The third-order valence-corrected chi connectivity index (χ3v) is 4.35. The second kappa shape index (κ2) is 7.18. The van der Waals surface area contributed by atoms with Crippen LogP contribution in [-0.4, -0.2) is 59.7 Å². The van der Waals surface area contributed by atoms with Crippen molar-refractivity contribution < 1.29 is 27.9 Å². The van der Waals surface area contributed by atoms with Crippen molar-refractivity contribution in [1.82, 2.24) is 14.1 Å². The smallest absolute Gasteiger partial charge is 0.325 e. The highest BCUT2D eigenvalue weighted by atomic mass is 32.2. The van der Waals surface area contributed by atoms with E-state index in [1.54, 1.807) is 6.92 Å². The first-order chi connectivity index (χ1) is 9.81. The Hall–Kier alpha value is -1.94. The van der Waals surface area contributed by atoms with Crippen LogP contribution in [0.3, 0.4) is 0 Å². The lowest BCUT2D eigenvalue weighted by Crippen LogP contribution is -2.36. The van der Waals surface area contributed by atoms with Crippen LogP contribution in [-0.2, 0) is 30.9 Å². The number of rotatable bonds is 8. The first kappa shape index (κ1) is 17.1. The molecule has 0 saturated heterocycles. The second-order valence-corrected chi connectivity index (χ2v) is 6.12. The number of carbonyl (C=O) groups excluding carboxylic acids is 1. The maximum absolute atomic E-state index is 12.4. The van der Waals surface area contributed by atoms with Gasteiger partial charge in [-0.3, -0.25) is 14.3 Å². The summed E-state index contributed by atoms with van der Waals surface area (Å²) in [6.45, 7) is 1.06. The van der Waals surface area contributed by atoms with Gasteiger partial charge in [-0.05, 0) is 6.42 Å². The van der Waals surface area contributed by atoms with Crippen LogP contribution < -0.4 is 0 Å². The van der Waals surface area contributed by atoms with Crippen LogP contribution in [0.2, 0.25) is 0 Å². The Balaban J connectivity index is 3.01. The molecule has 21 heavy (non-hydrogen) atoms. The Morgan fingerprint density at radius 3 is 2.67 bits per heavy atom. The van der Waals surface area contributed by atoms with Gasteiger partial charge >= 0.3 is 11.9 Å². The largest absolute Gasteiger partial charge is 0.480 e. The lowest BCUT2D eigenvalue weighted by Gasteiger charge is -2.19. The molecule has 0 aliphatic heterocycles. The summed E-state index contributed by atoms with van der Waals surface area (Å²) in [6.07, 6.45) is 2.68. The molecule has 0 aromatic carbocycles. The summed E-state index contributed by atoms with van der Waals surface area (Å²) in [5, 5.41) is 12.3. The van der Waals surface area contributed by atoms with Gasteiger partial charge in [0.25, 0.3) is 0 Å². The van der Waals surface area contributed by atoms with Gasteiger partial charge in [-0.25, -0.2) is 8.42 Å². The Labute approximate surface area is 122 Å². The number of esters is 1. The predicted octanol–water partition coefficient (Wildman–Crippen LogP) is -0.459. The van der Waals surface area contributed by atoms with E-state index in [1.807, 2.05) is 0 Å². The van der Waals surface area contributed by atoms with Crippen molar-refractivity contribution >= 4 is 22.0 Å². The summed E-state index contributed by atoms with van der Waals surface area (Å²) in [5.74, 6) is -1.81. The van der Waals surface area contributed by atoms with Crippen molar-refractivity contribution in [3.8, 4) is 0 Å². The van der Waals surface area contributed by atoms with Gasteiger partial charge in [-0.2, -0.15) is 9.40 Å². The molecule has 0 spiro atoms. The van der Waals surface area contributed by atoms with Crippen LogP contribution in [0.25, 0.3) is 0 Å². The number of aliphatic carboxylic acids is 1. The molecule has 0 aliphatic rings. The van der Waals surface area contributed by atoms with Gasteiger partial charge in [0, 0.05) is 12.7 Å². The average molecular weight is 319 g/mol. The lowest BCUT2D eigenvalue weighted by molar-refractivity contribution is -0.141. The highest BCUT2D eigenvalue weighted by molar-refractivity contribution is 7.89. The van der Waals surface area contributed by atoms with E-state index in [0.717, 1.165) is 21.4 Å². The second-order valence-electron chi connectivity index (χ2n) is 4.18. The fourth-order valence-electron chi connectivity index (χ4n) is 1.59. The van der Waals surface area contributed by atoms with Crippen molar-refractivity contribution in [3.63, 3.8) is 0 Å². The molecule has 0 amide bonds. The molecular formula is C11H17N3O6S. The number of hydrogen-bond donors (Lipinski definition) is 1. The molecule has 1 N–H and O–H groups in total. The first-order valence-electron chi connectivity index (χ1n) is 6.12. The van der Waals surface area contributed by atoms with Gasteiger partial charge < -0.3 is 9.84 Å². The Morgan fingerprint density at radius 2 is 2.14 bits per heavy atom. The van der Waals surface area contributed by atoms with Gasteiger partial charge in [0.2, 0.25) is 10.0 Å². The van der Waals surface area contributed by atoms with Crippen molar-refractivity contribution in [1.29, 1.82) is 0 Å². The van der Waals surface area contributed by atoms with Crippen LogP contribution in [0.1, 0.15) is 13.3 Å². The molecule has 0 radical (unpaired) electrons. The molecule has 0 saturated carbocycles. The standard InChI is InChI=1S/C11H17N3O6S/c1-3-4-14(8-11(17)20-2)21(18,19)9-5-12-13(6-9)7-10(15)16/h5-6H,3-4,7-8H2,1-2H3,(H,15,16). The summed E-state index contributed by atoms with van der Waals surface area (Å²) in [7, 11) is -2.76. The fraction of sp³-hybridized carbons (Fsp3) is 0.545. The summed E-state index contributed by atoms with van der Waals surface area (Å²) >= 11 is 0. The van der Waals surface area contributed by atoms with E-state index in [2.05, 4.69) is 9.84 Å². The minimum absolute atomic E-state index is 0.140. The van der Waals surface area contributed by atoms with Gasteiger partial charge in [0.1, 0.15) is 18.0 Å². The monoisotopic (exact) mass is 319 g/mol. The molecule has 118 valence electrons. The number of carboxylic acid groups (broad SMARTS) is 1. The van der Waals surface area contributed by atoms with E-state index in [-0.39, 0.29) is 11.4 Å². The van der Waals surface area contributed by atoms with E-state index in [9.17, 15) is 18.0 Å². The van der Waals surface area contributed by atoms with E-state index < -0.39 is 35.1 Å². The van der Waals surface area contributed by atoms with Crippen molar-refractivity contribution in [2.75, 3.05) is 20.2 Å². The SMILES string of the molecule is CCCN(CC(=O)OC)S(=O)(=O)c1cnn(CC(=O)O)c1. The Morgan fingerprint density at radius 1 is 1.48 bits per heavy atom. The van der Waals surface area contributed by atoms with Gasteiger partial charge in [0.15, 0.2) is 0 Å². The third kappa shape index (κ3) is 4.53. The fourth-order valence-corrected chi connectivity index (χ4v) is 3.03. The summed E-state index contributed by atoms with van der Waals surface area (Å²) < 4.78 is 31.2. The van der Waals surface area contributed by atoms with E-state index in [0.29, 0.717) is 6.42 Å². The highest BCUT2D eigenvalue weighted by Gasteiger charge is 2.27. The maximum Gasteiger partial charge on any atom is 0.325 e. The first-order valence-corrected chi connectivity index (χ1v) is 7.56. The van der Waals surface area contributed by atoms with Crippen molar-refractivity contribution in [2.24, 2.45) is 0 Å². The number of aromatic nitrogens is 2. The number of carboxylic acids is 1. The summed E-state index contributed by atoms with van der Waals surface area (Å²) in [6, 6.07) is 0. The van der Waals surface area contributed by atoms with Crippen LogP contribution in [0.4, 0.5) is 0 Å². The molecular weight excluding hydrogens is 302 g/mol. The highest BCUT2D eigenvalue weighted by Crippen LogP contribution is 2.15. The van der Waals surface area contributed by atoms with E-state index in [4.69, 9.17) is 5.11 Å². The number of sulfonamides is 1. The zero-order valence-electron chi connectivity index (χ0n) is 11.7. The molecule has 0 aliphatic carbocycles. The normalized spacial score (nSPS) is 11.6. The quantitative estimate of drug-likeness (QED) is 0.644. The third-order valence-electron chi connectivity index (χ3n) is 2.55. The zero-order valence-corrected chi connectivity index (χ0v) is 12.5. The molecule has 1 rings (SSSR count). The molecule has 0 bridgehead atoms. The molecule has 0 atom stereocenters. The minimum Gasteiger partial charge on any atom is -0.480 e. The zero-order chi connectivity index (χ0) is 16.0. The molecule has 0 unspecified atom stereocenters. The molecule has 0 fully saturated rings. The minimum atomic E-state index is -3.93. The van der Waals surface area contributed by atoms with Gasteiger partial charge in [0.05, 0.1) is 13.3 Å². The van der Waals surface area contributed by atoms with Crippen LogP contribution in [0.15, 0.2) is 17.3 Å². The van der Waals surface area contributed by atoms with Crippen molar-refractivity contribution in [2.45, 2.75) is 24.8 Å². The number of ether oxygens (including phenoxy) is 1. The van der Waals surface area contributed by atoms with Crippen LogP contribution >= 0.6 is 0 Å². The molecule has 9 nitrogen and oxygen atoms in total. The number of carbonyl (C=O) groups is 2. The maximum atomic E-state index is 12.4. The summed E-state index contributed by atoms with van der Waals surface area (Å²) in [5.41, 5.74) is 0. The number of nitrogens with zero attached hydrogens (tertiary/aromatic N) is 3. The molecule has 10 heteroatoms. The number of methoxy groups -OCH3 is 1. The predicted molar refractivity (Wildman–Crippen MR) is 70.9 cm³/mol.